The van der Waals surface area contributed by atoms with E-state index in [2.05, 4.69) is 10.8 Å². The summed E-state index contributed by atoms with van der Waals surface area (Å²) in [6, 6.07) is 18.3. The number of amides is 2. The molecule has 0 aliphatic rings. The first-order chi connectivity index (χ1) is 12.1. The van der Waals surface area contributed by atoms with E-state index in [9.17, 15) is 9.59 Å². The lowest BCUT2D eigenvalue weighted by molar-refractivity contribution is -0.140. The smallest absolute Gasteiger partial charge is 0.266 e. The maximum Gasteiger partial charge on any atom is 0.266 e. The van der Waals surface area contributed by atoms with Crippen LogP contribution in [0.3, 0.4) is 0 Å². The van der Waals surface area contributed by atoms with E-state index in [1.165, 1.54) is 0 Å². The summed E-state index contributed by atoms with van der Waals surface area (Å²) in [6.45, 7) is 4.03. The predicted octanol–water partition coefficient (Wildman–Crippen LogP) is 2.62. The van der Waals surface area contributed by atoms with Gasteiger partial charge in [0.15, 0.2) is 0 Å². The first-order valence-corrected chi connectivity index (χ1v) is 8.35. The zero-order valence-corrected chi connectivity index (χ0v) is 14.6. The molecule has 0 saturated heterocycles. The summed E-state index contributed by atoms with van der Waals surface area (Å²) in [7, 11) is 0. The standard InChI is InChI=1S/C20H24N2O3/c1-15(2)19(21-18(23)13-16-9-5-3-6-10-16)20(24)22-25-14-17-11-7-4-8-12-17/h3-12,15,19H,13-14H2,1-2H3,(H,21,23)(H,22,24)/t19-/m0/s1. The monoisotopic (exact) mass is 340 g/mol. The van der Waals surface area contributed by atoms with Gasteiger partial charge in [0.05, 0.1) is 13.0 Å². The molecule has 5 heteroatoms. The van der Waals surface area contributed by atoms with E-state index in [0.717, 1.165) is 11.1 Å². The number of hydroxylamine groups is 1. The van der Waals surface area contributed by atoms with Gasteiger partial charge in [-0.15, -0.1) is 0 Å². The van der Waals surface area contributed by atoms with Crippen LogP contribution in [-0.4, -0.2) is 17.9 Å². The molecule has 0 unspecified atom stereocenters. The van der Waals surface area contributed by atoms with Crippen molar-refractivity contribution < 1.29 is 14.4 Å². The van der Waals surface area contributed by atoms with E-state index >= 15 is 0 Å². The first kappa shape index (κ1) is 18.7. The van der Waals surface area contributed by atoms with Gasteiger partial charge in [0.25, 0.3) is 5.91 Å². The molecule has 0 spiro atoms. The van der Waals surface area contributed by atoms with E-state index in [0.29, 0.717) is 0 Å². The molecule has 2 amide bonds. The van der Waals surface area contributed by atoms with Crippen LogP contribution in [0.25, 0.3) is 0 Å². The molecule has 0 radical (unpaired) electrons. The number of nitrogens with one attached hydrogen (secondary N) is 2. The summed E-state index contributed by atoms with van der Waals surface area (Å²) in [5.41, 5.74) is 4.29. The van der Waals surface area contributed by atoms with Crippen LogP contribution in [0.5, 0.6) is 0 Å². The second-order valence-corrected chi connectivity index (χ2v) is 6.19. The number of hydrogen-bond acceptors (Lipinski definition) is 3. The van der Waals surface area contributed by atoms with Crippen LogP contribution in [0.2, 0.25) is 0 Å². The Morgan fingerprint density at radius 3 is 2.04 bits per heavy atom. The molecule has 0 fully saturated rings. The van der Waals surface area contributed by atoms with Crippen LogP contribution in [-0.2, 0) is 27.5 Å². The van der Waals surface area contributed by atoms with Crippen molar-refractivity contribution in [2.75, 3.05) is 0 Å². The summed E-state index contributed by atoms with van der Waals surface area (Å²) in [5.74, 6) is -0.601. The van der Waals surface area contributed by atoms with Crippen LogP contribution < -0.4 is 10.8 Å². The molecule has 0 aromatic heterocycles. The summed E-state index contributed by atoms with van der Waals surface area (Å²) in [6.07, 6.45) is 0.238. The Labute approximate surface area is 148 Å². The van der Waals surface area contributed by atoms with Gasteiger partial charge in [-0.05, 0) is 17.0 Å². The third kappa shape index (κ3) is 6.39. The number of hydrogen-bond donors (Lipinski definition) is 2. The lowest BCUT2D eigenvalue weighted by atomic mass is 10.0. The van der Waals surface area contributed by atoms with E-state index in [-0.39, 0.29) is 30.8 Å². The molecule has 132 valence electrons. The first-order valence-electron chi connectivity index (χ1n) is 8.35. The number of carbonyl (C=O) groups excluding carboxylic acids is 2. The molecular formula is C20H24N2O3. The molecule has 2 aromatic carbocycles. The highest BCUT2D eigenvalue weighted by Gasteiger charge is 2.24. The minimum absolute atomic E-state index is 0.0555. The van der Waals surface area contributed by atoms with Crippen molar-refractivity contribution in [2.45, 2.75) is 32.9 Å². The van der Waals surface area contributed by atoms with Crippen molar-refractivity contribution in [3.63, 3.8) is 0 Å². The Hall–Kier alpha value is -2.66. The zero-order valence-electron chi connectivity index (χ0n) is 14.6. The fourth-order valence-electron chi connectivity index (χ4n) is 2.37. The number of carbonyl (C=O) groups is 2. The molecular weight excluding hydrogens is 316 g/mol. The van der Waals surface area contributed by atoms with Gasteiger partial charge < -0.3 is 5.32 Å². The highest BCUT2D eigenvalue weighted by atomic mass is 16.6. The van der Waals surface area contributed by atoms with E-state index in [1.807, 2.05) is 74.5 Å². The Bertz CT molecular complexity index is 672. The zero-order chi connectivity index (χ0) is 18.1. The minimum atomic E-state index is -0.646. The Morgan fingerprint density at radius 2 is 1.48 bits per heavy atom. The van der Waals surface area contributed by atoms with Crippen LogP contribution in [0.4, 0.5) is 0 Å². The normalized spacial score (nSPS) is 11.8. The van der Waals surface area contributed by atoms with Gasteiger partial charge in [-0.3, -0.25) is 14.4 Å². The summed E-state index contributed by atoms with van der Waals surface area (Å²) in [4.78, 5) is 29.8. The highest BCUT2D eigenvalue weighted by Crippen LogP contribution is 2.05. The molecule has 0 aliphatic heterocycles. The van der Waals surface area contributed by atoms with Crippen molar-refractivity contribution in [2.24, 2.45) is 5.92 Å². The molecule has 1 atom stereocenters. The van der Waals surface area contributed by atoms with Crippen molar-refractivity contribution in [3.05, 3.63) is 71.8 Å². The molecule has 2 N–H and O–H groups in total. The van der Waals surface area contributed by atoms with Crippen LogP contribution in [0.1, 0.15) is 25.0 Å². The van der Waals surface area contributed by atoms with Gasteiger partial charge in [-0.2, -0.15) is 0 Å². The van der Waals surface area contributed by atoms with Gasteiger partial charge >= 0.3 is 0 Å². The highest BCUT2D eigenvalue weighted by molar-refractivity contribution is 5.88. The van der Waals surface area contributed by atoms with Crippen LogP contribution in [0, 0.1) is 5.92 Å². The lowest BCUT2D eigenvalue weighted by Gasteiger charge is -2.21. The Balaban J connectivity index is 1.84. The number of benzene rings is 2. The molecule has 25 heavy (non-hydrogen) atoms. The third-order valence-corrected chi connectivity index (χ3v) is 3.73. The summed E-state index contributed by atoms with van der Waals surface area (Å²) < 4.78 is 0. The lowest BCUT2D eigenvalue weighted by Crippen LogP contribution is -2.50. The van der Waals surface area contributed by atoms with Gasteiger partial charge in [-0.1, -0.05) is 74.5 Å². The largest absolute Gasteiger partial charge is 0.344 e. The second-order valence-electron chi connectivity index (χ2n) is 6.19. The third-order valence-electron chi connectivity index (χ3n) is 3.73. The predicted molar refractivity (Wildman–Crippen MR) is 96.3 cm³/mol. The Kier molecular flexibility index (Phi) is 7.16. The molecule has 0 bridgehead atoms. The average molecular weight is 340 g/mol. The summed E-state index contributed by atoms with van der Waals surface area (Å²) >= 11 is 0. The van der Waals surface area contributed by atoms with Crippen molar-refractivity contribution in [3.8, 4) is 0 Å². The second kappa shape index (κ2) is 9.59. The van der Waals surface area contributed by atoms with Crippen LogP contribution in [0.15, 0.2) is 60.7 Å². The minimum Gasteiger partial charge on any atom is -0.344 e. The fraction of sp³-hybridized carbons (Fsp3) is 0.300. The van der Waals surface area contributed by atoms with Crippen molar-refractivity contribution in [1.29, 1.82) is 0 Å². The molecule has 5 nitrogen and oxygen atoms in total. The molecule has 0 heterocycles. The van der Waals surface area contributed by atoms with Crippen LogP contribution >= 0.6 is 0 Å². The van der Waals surface area contributed by atoms with Gasteiger partial charge in [0.1, 0.15) is 6.04 Å². The van der Waals surface area contributed by atoms with E-state index < -0.39 is 6.04 Å². The topological polar surface area (TPSA) is 67.4 Å². The Morgan fingerprint density at radius 1 is 0.920 bits per heavy atom. The maximum absolute atomic E-state index is 12.3. The van der Waals surface area contributed by atoms with E-state index in [1.54, 1.807) is 0 Å². The molecule has 2 rings (SSSR count). The van der Waals surface area contributed by atoms with Gasteiger partial charge in [0.2, 0.25) is 5.91 Å². The van der Waals surface area contributed by atoms with Gasteiger partial charge in [-0.25, -0.2) is 5.48 Å². The quantitative estimate of drug-likeness (QED) is 0.726. The molecule has 0 aliphatic carbocycles. The number of rotatable bonds is 8. The molecule has 2 aromatic rings. The van der Waals surface area contributed by atoms with E-state index in [4.69, 9.17) is 4.84 Å². The molecule has 0 saturated carbocycles. The van der Waals surface area contributed by atoms with Gasteiger partial charge in [0, 0.05) is 0 Å². The average Bonchev–Trinajstić information content (AvgIpc) is 2.61. The maximum atomic E-state index is 12.3. The summed E-state index contributed by atoms with van der Waals surface area (Å²) in [5, 5.41) is 2.78. The SMILES string of the molecule is CC(C)[C@H](NC(=O)Cc1ccccc1)C(=O)NOCc1ccccc1. The fourth-order valence-corrected chi connectivity index (χ4v) is 2.37. The van der Waals surface area contributed by atoms with Crippen molar-refractivity contribution >= 4 is 11.8 Å². The van der Waals surface area contributed by atoms with Crippen molar-refractivity contribution in [1.82, 2.24) is 10.8 Å².